The zero-order valence-electron chi connectivity index (χ0n) is 16.2. The second kappa shape index (κ2) is 14.1. The van der Waals surface area contributed by atoms with Crippen molar-refractivity contribution < 1.29 is 34.5 Å². The fourth-order valence-corrected chi connectivity index (χ4v) is 2.48. The van der Waals surface area contributed by atoms with E-state index in [1.54, 1.807) is 0 Å². The Hall–Kier alpha value is -1.93. The molecule has 168 valence electrons. The SMILES string of the molecule is CC(O)C(NC(=O)C(N)CO)C(=O)NC(CCCCN)C(=O)NC(CS)C(=O)O. The number of hydrogen-bond acceptors (Lipinski definition) is 9. The number of nitrogens with one attached hydrogen (secondary N) is 3. The molecule has 0 aliphatic heterocycles. The van der Waals surface area contributed by atoms with Crippen LogP contribution in [-0.4, -0.2) is 88.2 Å². The normalized spacial score (nSPS) is 16.1. The van der Waals surface area contributed by atoms with E-state index in [0.717, 1.165) is 0 Å². The van der Waals surface area contributed by atoms with Gasteiger partial charge in [0.25, 0.3) is 0 Å². The second-order valence-corrected chi connectivity index (χ2v) is 6.81. The molecule has 12 nitrogen and oxygen atoms in total. The van der Waals surface area contributed by atoms with Crippen LogP contribution >= 0.6 is 12.6 Å². The molecule has 5 unspecified atom stereocenters. The van der Waals surface area contributed by atoms with E-state index in [9.17, 15) is 24.3 Å². The lowest BCUT2D eigenvalue weighted by atomic mass is 10.1. The van der Waals surface area contributed by atoms with Crippen molar-refractivity contribution in [3.05, 3.63) is 0 Å². The van der Waals surface area contributed by atoms with Gasteiger partial charge in [-0.2, -0.15) is 12.6 Å². The van der Waals surface area contributed by atoms with Gasteiger partial charge in [0.05, 0.1) is 12.7 Å². The summed E-state index contributed by atoms with van der Waals surface area (Å²) in [7, 11) is 0. The lowest BCUT2D eigenvalue weighted by Gasteiger charge is -2.26. The van der Waals surface area contributed by atoms with Gasteiger partial charge in [0.2, 0.25) is 17.7 Å². The number of aliphatic hydroxyl groups is 2. The maximum Gasteiger partial charge on any atom is 0.327 e. The molecule has 0 aliphatic carbocycles. The molecule has 13 heteroatoms. The molecule has 10 N–H and O–H groups in total. The smallest absolute Gasteiger partial charge is 0.327 e. The highest BCUT2D eigenvalue weighted by Gasteiger charge is 2.31. The van der Waals surface area contributed by atoms with E-state index in [4.69, 9.17) is 21.7 Å². The van der Waals surface area contributed by atoms with Crippen molar-refractivity contribution in [2.45, 2.75) is 56.5 Å². The first kappa shape index (κ1) is 27.1. The van der Waals surface area contributed by atoms with Gasteiger partial charge in [0, 0.05) is 5.75 Å². The van der Waals surface area contributed by atoms with Crippen LogP contribution in [0.2, 0.25) is 0 Å². The molecule has 3 amide bonds. The highest BCUT2D eigenvalue weighted by atomic mass is 32.1. The van der Waals surface area contributed by atoms with Crippen molar-refractivity contribution in [1.29, 1.82) is 0 Å². The van der Waals surface area contributed by atoms with E-state index >= 15 is 0 Å². The number of thiol groups is 1. The highest BCUT2D eigenvalue weighted by Crippen LogP contribution is 2.04. The molecular weight excluding hydrogens is 406 g/mol. The number of carbonyl (C=O) groups is 4. The van der Waals surface area contributed by atoms with E-state index in [0.29, 0.717) is 19.4 Å². The van der Waals surface area contributed by atoms with Crippen LogP contribution < -0.4 is 27.4 Å². The van der Waals surface area contributed by atoms with E-state index < -0.39 is 60.6 Å². The van der Waals surface area contributed by atoms with Gasteiger partial charge in [-0.05, 0) is 32.7 Å². The van der Waals surface area contributed by atoms with Crippen molar-refractivity contribution in [3.63, 3.8) is 0 Å². The first-order valence-electron chi connectivity index (χ1n) is 9.08. The van der Waals surface area contributed by atoms with Gasteiger partial charge in [-0.3, -0.25) is 14.4 Å². The van der Waals surface area contributed by atoms with Gasteiger partial charge in [0.1, 0.15) is 24.2 Å². The van der Waals surface area contributed by atoms with Crippen LogP contribution in [0.5, 0.6) is 0 Å². The summed E-state index contributed by atoms with van der Waals surface area (Å²) in [5, 5.41) is 34.7. The predicted octanol–water partition coefficient (Wildman–Crippen LogP) is -3.72. The van der Waals surface area contributed by atoms with Crippen LogP contribution in [-0.2, 0) is 19.2 Å². The molecule has 29 heavy (non-hydrogen) atoms. The highest BCUT2D eigenvalue weighted by molar-refractivity contribution is 7.80. The molecule has 5 atom stereocenters. The molecule has 0 saturated carbocycles. The topological polar surface area (TPSA) is 217 Å². The van der Waals surface area contributed by atoms with E-state index in [2.05, 4.69) is 28.6 Å². The quantitative estimate of drug-likeness (QED) is 0.0962. The zero-order valence-corrected chi connectivity index (χ0v) is 17.1. The van der Waals surface area contributed by atoms with E-state index in [-0.39, 0.29) is 12.2 Å². The van der Waals surface area contributed by atoms with Crippen LogP contribution in [0.15, 0.2) is 0 Å². The Morgan fingerprint density at radius 2 is 1.59 bits per heavy atom. The molecule has 0 spiro atoms. The minimum atomic E-state index is -1.44. The number of carboxylic acids is 1. The summed E-state index contributed by atoms with van der Waals surface area (Å²) < 4.78 is 0. The first-order chi connectivity index (χ1) is 13.6. The zero-order chi connectivity index (χ0) is 22.6. The van der Waals surface area contributed by atoms with Crippen LogP contribution in [0.1, 0.15) is 26.2 Å². The summed E-state index contributed by atoms with van der Waals surface area (Å²) in [5.74, 6) is -3.93. The molecule has 0 bridgehead atoms. The molecular formula is C16H31N5O7S. The summed E-state index contributed by atoms with van der Waals surface area (Å²) in [5.41, 5.74) is 10.8. The van der Waals surface area contributed by atoms with Gasteiger partial charge in [-0.25, -0.2) is 4.79 Å². The Balaban J connectivity index is 5.29. The van der Waals surface area contributed by atoms with Crippen LogP contribution in [0.25, 0.3) is 0 Å². The number of carboxylic acid groups (broad SMARTS) is 1. The number of aliphatic carboxylic acids is 1. The average molecular weight is 438 g/mol. The fourth-order valence-electron chi connectivity index (χ4n) is 2.23. The van der Waals surface area contributed by atoms with Gasteiger partial charge in [-0.1, -0.05) is 0 Å². The summed E-state index contributed by atoms with van der Waals surface area (Å²) in [6, 6.07) is -5.11. The standard InChI is InChI=1S/C16H31N5O7S/c1-8(23)12(21-13(24)9(18)6-22)15(26)19-10(4-2-3-5-17)14(25)20-11(7-29)16(27)28/h8-12,22-23,29H,2-7,17-18H2,1H3,(H,19,26)(H,20,25)(H,21,24)(H,27,28). The number of rotatable bonds is 14. The number of amides is 3. The Labute approximate surface area is 174 Å². The van der Waals surface area contributed by atoms with Crippen molar-refractivity contribution in [2.24, 2.45) is 11.5 Å². The van der Waals surface area contributed by atoms with Gasteiger partial charge < -0.3 is 42.7 Å². The summed E-state index contributed by atoms with van der Waals surface area (Å²) >= 11 is 3.87. The minimum absolute atomic E-state index is 0.157. The largest absolute Gasteiger partial charge is 0.480 e. The third kappa shape index (κ3) is 9.89. The maximum atomic E-state index is 12.5. The minimum Gasteiger partial charge on any atom is -0.480 e. The van der Waals surface area contributed by atoms with E-state index in [1.165, 1.54) is 6.92 Å². The second-order valence-electron chi connectivity index (χ2n) is 6.44. The predicted molar refractivity (Wildman–Crippen MR) is 107 cm³/mol. The Morgan fingerprint density at radius 1 is 1.00 bits per heavy atom. The number of carbonyl (C=O) groups excluding carboxylic acids is 3. The van der Waals surface area contributed by atoms with Gasteiger partial charge in [-0.15, -0.1) is 0 Å². The Bertz CT molecular complexity index is 564. The molecule has 0 saturated heterocycles. The van der Waals surface area contributed by atoms with Crippen molar-refractivity contribution in [1.82, 2.24) is 16.0 Å². The Morgan fingerprint density at radius 3 is 2.03 bits per heavy atom. The number of nitrogens with two attached hydrogens (primary N) is 2. The average Bonchev–Trinajstić information content (AvgIpc) is 2.67. The number of aliphatic hydroxyl groups excluding tert-OH is 2. The molecule has 0 rings (SSSR count). The molecule has 0 radical (unpaired) electrons. The molecule has 0 fully saturated rings. The van der Waals surface area contributed by atoms with Crippen molar-refractivity contribution >= 4 is 36.3 Å². The molecule has 0 aromatic heterocycles. The third-order valence-corrected chi connectivity index (χ3v) is 4.34. The third-order valence-electron chi connectivity index (χ3n) is 3.97. The monoisotopic (exact) mass is 437 g/mol. The summed E-state index contributed by atoms with van der Waals surface area (Å²) in [6.07, 6.45) is -0.142. The van der Waals surface area contributed by atoms with E-state index in [1.807, 2.05) is 0 Å². The van der Waals surface area contributed by atoms with Crippen LogP contribution in [0, 0.1) is 0 Å². The fraction of sp³-hybridized carbons (Fsp3) is 0.750. The molecule has 0 aromatic carbocycles. The van der Waals surface area contributed by atoms with Crippen LogP contribution in [0.3, 0.4) is 0 Å². The first-order valence-corrected chi connectivity index (χ1v) is 9.71. The molecule has 0 heterocycles. The van der Waals surface area contributed by atoms with Gasteiger partial charge >= 0.3 is 5.97 Å². The van der Waals surface area contributed by atoms with Gasteiger partial charge in [0.15, 0.2) is 0 Å². The Kier molecular flexibility index (Phi) is 13.2. The summed E-state index contributed by atoms with van der Waals surface area (Å²) in [4.78, 5) is 47.9. The van der Waals surface area contributed by atoms with Crippen molar-refractivity contribution in [2.75, 3.05) is 18.9 Å². The number of unbranched alkanes of at least 4 members (excludes halogenated alkanes) is 1. The lowest BCUT2D eigenvalue weighted by Crippen LogP contribution is -2.60. The summed E-state index contributed by atoms with van der Waals surface area (Å²) in [6.45, 7) is 0.951. The molecule has 0 aromatic rings. The van der Waals surface area contributed by atoms with Crippen molar-refractivity contribution in [3.8, 4) is 0 Å². The van der Waals surface area contributed by atoms with Crippen LogP contribution in [0.4, 0.5) is 0 Å². The number of hydrogen-bond donors (Lipinski definition) is 9. The molecule has 0 aliphatic rings. The lowest BCUT2D eigenvalue weighted by molar-refractivity contribution is -0.141. The maximum absolute atomic E-state index is 12.5.